The number of imidazole rings is 1. The summed E-state index contributed by atoms with van der Waals surface area (Å²) in [5.74, 6) is -3.74. The second kappa shape index (κ2) is 11.5. The number of aromatic nitrogens is 2. The topological polar surface area (TPSA) is 188 Å². The number of carbonyl (C=O) groups is 4. The first kappa shape index (κ1) is 23.5. The first-order chi connectivity index (χ1) is 14.8. The molecule has 0 radical (unpaired) electrons. The molecule has 2 amide bonds. The molecule has 0 fully saturated rings. The molecule has 1 aromatic heterocycles. The Labute approximate surface area is 178 Å². The van der Waals surface area contributed by atoms with E-state index in [9.17, 15) is 24.3 Å². The number of hydrogen-bond acceptors (Lipinski definition) is 6. The van der Waals surface area contributed by atoms with Gasteiger partial charge in [0.1, 0.15) is 12.1 Å². The lowest BCUT2D eigenvalue weighted by Gasteiger charge is -2.22. The fourth-order valence-corrected chi connectivity index (χ4v) is 2.84. The van der Waals surface area contributed by atoms with E-state index < -0.39 is 41.9 Å². The average molecular weight is 431 g/mol. The Morgan fingerprint density at radius 2 is 1.68 bits per heavy atom. The highest BCUT2D eigenvalue weighted by Gasteiger charge is 2.28. The van der Waals surface area contributed by atoms with Gasteiger partial charge in [-0.2, -0.15) is 0 Å². The standard InChI is InChI=1S/C20H25N5O6/c21-14(6-7-17(26)27)18(28)24-15(9-13-10-22-11-23-13)19(29)25-16(20(30)31)8-12-4-2-1-3-5-12/h1-5,10-11,14-16H,6-9,21H2,(H,22,23)(H,24,28)(H,25,29)(H,26,27)(H,30,31)/t14-,15-,16-/m0/s1. The highest BCUT2D eigenvalue weighted by Crippen LogP contribution is 2.06. The van der Waals surface area contributed by atoms with Gasteiger partial charge in [-0.25, -0.2) is 9.78 Å². The van der Waals surface area contributed by atoms with Crippen LogP contribution in [-0.2, 0) is 32.0 Å². The fraction of sp³-hybridized carbons (Fsp3) is 0.350. The van der Waals surface area contributed by atoms with Gasteiger partial charge in [0.05, 0.1) is 12.4 Å². The zero-order chi connectivity index (χ0) is 22.8. The third-order valence-electron chi connectivity index (χ3n) is 4.52. The fourth-order valence-electron chi connectivity index (χ4n) is 2.84. The number of aromatic amines is 1. The van der Waals surface area contributed by atoms with Gasteiger partial charge in [0.2, 0.25) is 11.8 Å². The van der Waals surface area contributed by atoms with Gasteiger partial charge in [-0.3, -0.25) is 14.4 Å². The van der Waals surface area contributed by atoms with Crippen molar-refractivity contribution in [3.8, 4) is 0 Å². The van der Waals surface area contributed by atoms with Crippen molar-refractivity contribution in [1.29, 1.82) is 0 Å². The minimum atomic E-state index is -1.22. The third-order valence-corrected chi connectivity index (χ3v) is 4.52. The van der Waals surface area contributed by atoms with Crippen LogP contribution in [0.1, 0.15) is 24.1 Å². The van der Waals surface area contributed by atoms with Crippen LogP contribution < -0.4 is 16.4 Å². The number of nitrogens with one attached hydrogen (secondary N) is 3. The van der Waals surface area contributed by atoms with E-state index in [-0.39, 0.29) is 25.7 Å². The Balaban J connectivity index is 2.09. The predicted molar refractivity (Wildman–Crippen MR) is 109 cm³/mol. The molecule has 11 nitrogen and oxygen atoms in total. The Kier molecular flexibility index (Phi) is 8.70. The lowest BCUT2D eigenvalue weighted by molar-refractivity contribution is -0.142. The van der Waals surface area contributed by atoms with Crippen LogP contribution in [0.5, 0.6) is 0 Å². The summed E-state index contributed by atoms with van der Waals surface area (Å²) in [6.07, 6.45) is 2.54. The van der Waals surface area contributed by atoms with Gasteiger partial charge in [-0.1, -0.05) is 30.3 Å². The summed E-state index contributed by atoms with van der Waals surface area (Å²) in [6.45, 7) is 0. The maximum Gasteiger partial charge on any atom is 0.326 e. The number of amides is 2. The van der Waals surface area contributed by atoms with Crippen LogP contribution in [-0.4, -0.2) is 62.1 Å². The van der Waals surface area contributed by atoms with Gasteiger partial charge in [0.15, 0.2) is 0 Å². The average Bonchev–Trinajstić information content (AvgIpc) is 3.24. The molecule has 11 heteroatoms. The van der Waals surface area contributed by atoms with Crippen molar-refractivity contribution < 1.29 is 29.4 Å². The Morgan fingerprint density at radius 3 is 2.26 bits per heavy atom. The van der Waals surface area contributed by atoms with Crippen molar-refractivity contribution >= 4 is 23.8 Å². The number of carboxylic acids is 2. The van der Waals surface area contributed by atoms with E-state index in [1.807, 2.05) is 0 Å². The van der Waals surface area contributed by atoms with E-state index in [1.54, 1.807) is 30.3 Å². The van der Waals surface area contributed by atoms with Crippen LogP contribution in [0.15, 0.2) is 42.9 Å². The molecule has 0 saturated carbocycles. The molecule has 0 aliphatic heterocycles. The highest BCUT2D eigenvalue weighted by atomic mass is 16.4. The lowest BCUT2D eigenvalue weighted by atomic mass is 10.0. The smallest absolute Gasteiger partial charge is 0.326 e. The largest absolute Gasteiger partial charge is 0.481 e. The first-order valence-electron chi connectivity index (χ1n) is 9.58. The minimum absolute atomic E-state index is 0.0148. The van der Waals surface area contributed by atoms with Crippen molar-refractivity contribution in [2.75, 3.05) is 0 Å². The molecule has 31 heavy (non-hydrogen) atoms. The summed E-state index contributed by atoms with van der Waals surface area (Å²) < 4.78 is 0. The SMILES string of the molecule is N[C@@H](CCC(=O)O)C(=O)N[C@@H](Cc1cnc[nH]1)C(=O)N[C@@H](Cc1ccccc1)C(=O)O. The number of nitrogens with two attached hydrogens (primary N) is 1. The summed E-state index contributed by atoms with van der Waals surface area (Å²) in [5.41, 5.74) is 6.98. The van der Waals surface area contributed by atoms with Crippen molar-refractivity contribution in [3.63, 3.8) is 0 Å². The molecule has 166 valence electrons. The second-order valence-electron chi connectivity index (χ2n) is 6.97. The number of rotatable bonds is 12. The van der Waals surface area contributed by atoms with Gasteiger partial charge in [-0.05, 0) is 12.0 Å². The zero-order valence-corrected chi connectivity index (χ0v) is 16.7. The van der Waals surface area contributed by atoms with Crippen LogP contribution in [0.4, 0.5) is 0 Å². The van der Waals surface area contributed by atoms with E-state index in [1.165, 1.54) is 12.5 Å². The predicted octanol–water partition coefficient (Wildman–Crippen LogP) is -0.559. The quantitative estimate of drug-likeness (QED) is 0.258. The monoisotopic (exact) mass is 431 g/mol. The van der Waals surface area contributed by atoms with Gasteiger partial charge >= 0.3 is 11.9 Å². The van der Waals surface area contributed by atoms with Crippen molar-refractivity contribution in [2.45, 2.75) is 43.8 Å². The molecule has 0 bridgehead atoms. The summed E-state index contributed by atoms with van der Waals surface area (Å²) in [7, 11) is 0. The summed E-state index contributed by atoms with van der Waals surface area (Å²) in [4.78, 5) is 54.2. The molecule has 1 heterocycles. The van der Waals surface area contributed by atoms with E-state index in [0.29, 0.717) is 5.69 Å². The van der Waals surface area contributed by atoms with Gasteiger partial charge in [-0.15, -0.1) is 0 Å². The van der Waals surface area contributed by atoms with E-state index in [0.717, 1.165) is 5.56 Å². The second-order valence-corrected chi connectivity index (χ2v) is 6.97. The van der Waals surface area contributed by atoms with Crippen LogP contribution in [0.2, 0.25) is 0 Å². The summed E-state index contributed by atoms with van der Waals surface area (Å²) in [5, 5.41) is 23.2. The Bertz CT molecular complexity index is 887. The lowest BCUT2D eigenvalue weighted by Crippen LogP contribution is -2.55. The summed E-state index contributed by atoms with van der Waals surface area (Å²) >= 11 is 0. The maximum absolute atomic E-state index is 12.8. The molecule has 2 rings (SSSR count). The van der Waals surface area contributed by atoms with Gasteiger partial charge < -0.3 is 31.6 Å². The summed E-state index contributed by atoms with van der Waals surface area (Å²) in [6, 6.07) is 5.32. The Morgan fingerprint density at radius 1 is 1.00 bits per heavy atom. The van der Waals surface area contributed by atoms with Gasteiger partial charge in [0, 0.05) is 31.2 Å². The van der Waals surface area contributed by atoms with Gasteiger partial charge in [0.25, 0.3) is 0 Å². The molecule has 0 spiro atoms. The maximum atomic E-state index is 12.8. The molecule has 2 aromatic rings. The van der Waals surface area contributed by atoms with E-state index in [2.05, 4.69) is 20.6 Å². The molecule has 0 aliphatic carbocycles. The molecule has 3 atom stereocenters. The van der Waals surface area contributed by atoms with E-state index in [4.69, 9.17) is 10.8 Å². The first-order valence-corrected chi connectivity index (χ1v) is 9.58. The number of H-pyrrole nitrogens is 1. The van der Waals surface area contributed by atoms with Crippen LogP contribution in [0.25, 0.3) is 0 Å². The highest BCUT2D eigenvalue weighted by molar-refractivity contribution is 5.92. The van der Waals surface area contributed by atoms with Crippen molar-refractivity contribution in [3.05, 3.63) is 54.1 Å². The molecule has 0 saturated heterocycles. The Hall–Kier alpha value is -3.73. The molecule has 1 aromatic carbocycles. The van der Waals surface area contributed by atoms with E-state index >= 15 is 0 Å². The molecule has 0 aliphatic rings. The van der Waals surface area contributed by atoms with Crippen molar-refractivity contribution in [2.24, 2.45) is 5.73 Å². The van der Waals surface area contributed by atoms with Crippen LogP contribution in [0.3, 0.4) is 0 Å². The zero-order valence-electron chi connectivity index (χ0n) is 16.7. The molecular formula is C20H25N5O6. The number of nitrogens with zero attached hydrogens (tertiary/aromatic N) is 1. The van der Waals surface area contributed by atoms with Crippen LogP contribution >= 0.6 is 0 Å². The normalized spacial score (nSPS) is 13.6. The third kappa shape index (κ3) is 7.90. The number of hydrogen-bond donors (Lipinski definition) is 6. The number of carbonyl (C=O) groups excluding carboxylic acids is 2. The number of benzene rings is 1. The number of aliphatic carboxylic acids is 2. The molecular weight excluding hydrogens is 406 g/mol. The molecule has 7 N–H and O–H groups in total. The minimum Gasteiger partial charge on any atom is -0.481 e. The molecule has 0 unspecified atom stereocenters. The van der Waals surface area contributed by atoms with Crippen LogP contribution in [0, 0.1) is 0 Å². The number of carboxylic acid groups (broad SMARTS) is 2. The van der Waals surface area contributed by atoms with Crippen molar-refractivity contribution in [1.82, 2.24) is 20.6 Å².